The van der Waals surface area contributed by atoms with Gasteiger partial charge in [-0.25, -0.2) is 0 Å². The number of aromatic nitrogens is 1. The highest BCUT2D eigenvalue weighted by Crippen LogP contribution is 2.38. The van der Waals surface area contributed by atoms with Gasteiger partial charge >= 0.3 is 0 Å². The molecule has 1 amide bonds. The zero-order valence-electron chi connectivity index (χ0n) is 11.4. The Bertz CT molecular complexity index is 443. The number of carbonyl (C=O) groups excluding carboxylic acids is 1. The zero-order valence-corrected chi connectivity index (χ0v) is 11.4. The van der Waals surface area contributed by atoms with Gasteiger partial charge in [0.05, 0.1) is 18.2 Å². The van der Waals surface area contributed by atoms with Crippen molar-refractivity contribution in [2.24, 2.45) is 0 Å². The van der Waals surface area contributed by atoms with E-state index in [9.17, 15) is 4.79 Å². The van der Waals surface area contributed by atoms with Crippen LogP contribution in [0.3, 0.4) is 0 Å². The third-order valence-corrected chi connectivity index (χ3v) is 3.69. The van der Waals surface area contributed by atoms with Gasteiger partial charge in [-0.3, -0.25) is 4.79 Å². The van der Waals surface area contributed by atoms with Crippen LogP contribution in [0.1, 0.15) is 54.0 Å². The summed E-state index contributed by atoms with van der Waals surface area (Å²) in [6.45, 7) is 5.99. The van der Waals surface area contributed by atoms with Gasteiger partial charge in [0.25, 0.3) is 5.91 Å². The van der Waals surface area contributed by atoms with Crippen LogP contribution in [0.15, 0.2) is 6.07 Å². The molecule has 1 aromatic rings. The van der Waals surface area contributed by atoms with Gasteiger partial charge in [-0.15, -0.1) is 0 Å². The fourth-order valence-electron chi connectivity index (χ4n) is 2.44. The molecule has 0 bridgehead atoms. The molecule has 4 heteroatoms. The third-order valence-electron chi connectivity index (χ3n) is 3.69. The maximum Gasteiger partial charge on any atom is 0.253 e. The molecule has 1 unspecified atom stereocenters. The summed E-state index contributed by atoms with van der Waals surface area (Å²) in [4.78, 5) is 12.2. The number of hydrogen-bond acceptors (Lipinski definition) is 2. The Balaban J connectivity index is 2.17. The molecule has 0 saturated heterocycles. The van der Waals surface area contributed by atoms with Crippen molar-refractivity contribution >= 4 is 5.91 Å². The summed E-state index contributed by atoms with van der Waals surface area (Å²) in [5, 5.41) is 12.0. The average molecular weight is 250 g/mol. The highest BCUT2D eigenvalue weighted by Gasteiger charge is 2.28. The van der Waals surface area contributed by atoms with E-state index in [-0.39, 0.29) is 18.6 Å². The quantitative estimate of drug-likeness (QED) is 0.839. The molecule has 2 rings (SSSR count). The number of amides is 1. The van der Waals surface area contributed by atoms with Crippen LogP contribution in [-0.4, -0.2) is 28.2 Å². The standard InChI is InChI=1S/C14H22N2O2/c1-4-11(8-17)15-14(18)13-7-9(2)16(10(13)3)12-5-6-12/h7,11-12,17H,4-6,8H2,1-3H3,(H,15,18). The van der Waals surface area contributed by atoms with Crippen LogP contribution in [0.2, 0.25) is 0 Å². The van der Waals surface area contributed by atoms with Crippen molar-refractivity contribution < 1.29 is 9.90 Å². The summed E-state index contributed by atoms with van der Waals surface area (Å²) < 4.78 is 2.26. The number of nitrogens with one attached hydrogen (secondary N) is 1. The van der Waals surface area contributed by atoms with Crippen molar-refractivity contribution in [2.45, 2.75) is 52.1 Å². The molecule has 2 N–H and O–H groups in total. The lowest BCUT2D eigenvalue weighted by atomic mass is 10.2. The minimum atomic E-state index is -0.151. The van der Waals surface area contributed by atoms with Gasteiger partial charge in [-0.05, 0) is 39.2 Å². The van der Waals surface area contributed by atoms with Crippen molar-refractivity contribution in [2.75, 3.05) is 6.61 Å². The van der Waals surface area contributed by atoms with Gasteiger partial charge in [0.2, 0.25) is 0 Å². The van der Waals surface area contributed by atoms with E-state index >= 15 is 0 Å². The highest BCUT2D eigenvalue weighted by molar-refractivity contribution is 5.95. The Morgan fingerprint density at radius 1 is 1.56 bits per heavy atom. The second-order valence-corrected chi connectivity index (χ2v) is 5.15. The summed E-state index contributed by atoms with van der Waals surface area (Å²) in [6, 6.07) is 2.39. The topological polar surface area (TPSA) is 54.3 Å². The minimum Gasteiger partial charge on any atom is -0.394 e. The lowest BCUT2D eigenvalue weighted by Gasteiger charge is -2.14. The molecule has 1 atom stereocenters. The molecule has 100 valence electrons. The van der Waals surface area contributed by atoms with E-state index < -0.39 is 0 Å². The maximum absolute atomic E-state index is 12.2. The van der Waals surface area contributed by atoms with Crippen molar-refractivity contribution in [1.29, 1.82) is 0 Å². The van der Waals surface area contributed by atoms with Crippen molar-refractivity contribution in [1.82, 2.24) is 9.88 Å². The van der Waals surface area contributed by atoms with E-state index in [1.54, 1.807) is 0 Å². The predicted octanol–water partition coefficient (Wildman–Crippen LogP) is 1.94. The van der Waals surface area contributed by atoms with Crippen LogP contribution in [0.25, 0.3) is 0 Å². The SMILES string of the molecule is CCC(CO)NC(=O)c1cc(C)n(C2CC2)c1C. The number of carbonyl (C=O) groups is 1. The number of nitrogens with zero attached hydrogens (tertiary/aromatic N) is 1. The molecular formula is C14H22N2O2. The molecule has 1 aliphatic carbocycles. The fraction of sp³-hybridized carbons (Fsp3) is 0.643. The summed E-state index contributed by atoms with van der Waals surface area (Å²) in [6.07, 6.45) is 3.17. The van der Waals surface area contributed by atoms with E-state index in [2.05, 4.69) is 9.88 Å². The zero-order chi connectivity index (χ0) is 13.3. The van der Waals surface area contributed by atoms with E-state index in [4.69, 9.17) is 5.11 Å². The average Bonchev–Trinajstić information content (AvgIpc) is 3.13. The van der Waals surface area contributed by atoms with Crippen LogP contribution in [0.4, 0.5) is 0 Å². The first-order valence-electron chi connectivity index (χ1n) is 6.68. The number of aryl methyl sites for hydroxylation is 1. The van der Waals surface area contributed by atoms with Gasteiger partial charge in [0, 0.05) is 17.4 Å². The first kappa shape index (κ1) is 13.1. The minimum absolute atomic E-state index is 0.0103. The van der Waals surface area contributed by atoms with Gasteiger partial charge in [0.1, 0.15) is 0 Å². The largest absolute Gasteiger partial charge is 0.394 e. The normalized spacial score (nSPS) is 16.7. The summed E-state index contributed by atoms with van der Waals surface area (Å²) in [5.41, 5.74) is 2.93. The van der Waals surface area contributed by atoms with E-state index in [1.165, 1.54) is 12.8 Å². The van der Waals surface area contributed by atoms with E-state index in [0.717, 1.165) is 23.4 Å². The number of aliphatic hydroxyl groups is 1. The van der Waals surface area contributed by atoms with Crippen LogP contribution >= 0.6 is 0 Å². The summed E-state index contributed by atoms with van der Waals surface area (Å²) in [7, 11) is 0. The Hall–Kier alpha value is -1.29. The third kappa shape index (κ3) is 2.43. The predicted molar refractivity (Wildman–Crippen MR) is 70.8 cm³/mol. The molecular weight excluding hydrogens is 228 g/mol. The maximum atomic E-state index is 12.2. The molecule has 0 spiro atoms. The molecule has 1 heterocycles. The number of aliphatic hydroxyl groups excluding tert-OH is 1. The van der Waals surface area contributed by atoms with Crippen molar-refractivity contribution in [3.8, 4) is 0 Å². The van der Waals surface area contributed by atoms with Crippen molar-refractivity contribution in [3.05, 3.63) is 23.0 Å². The lowest BCUT2D eigenvalue weighted by Crippen LogP contribution is -2.37. The fourth-order valence-corrected chi connectivity index (χ4v) is 2.44. The first-order chi connectivity index (χ1) is 8.58. The van der Waals surface area contributed by atoms with Gasteiger partial charge in [-0.2, -0.15) is 0 Å². The molecule has 1 saturated carbocycles. The van der Waals surface area contributed by atoms with Gasteiger partial charge in [-0.1, -0.05) is 6.92 Å². The van der Waals surface area contributed by atoms with E-state index in [0.29, 0.717) is 6.04 Å². The monoisotopic (exact) mass is 250 g/mol. The second kappa shape index (κ2) is 5.14. The van der Waals surface area contributed by atoms with Gasteiger partial charge in [0.15, 0.2) is 0 Å². The van der Waals surface area contributed by atoms with Crippen molar-refractivity contribution in [3.63, 3.8) is 0 Å². The molecule has 18 heavy (non-hydrogen) atoms. The van der Waals surface area contributed by atoms with E-state index in [1.807, 2.05) is 26.8 Å². The molecule has 1 fully saturated rings. The van der Waals surface area contributed by atoms with Crippen LogP contribution in [0, 0.1) is 13.8 Å². The Kier molecular flexibility index (Phi) is 3.76. The molecule has 0 aromatic carbocycles. The molecule has 4 nitrogen and oxygen atoms in total. The molecule has 1 aromatic heterocycles. The number of rotatable bonds is 5. The van der Waals surface area contributed by atoms with Crippen LogP contribution in [0.5, 0.6) is 0 Å². The Labute approximate surface area is 108 Å². The lowest BCUT2D eigenvalue weighted by molar-refractivity contribution is 0.0914. The Morgan fingerprint density at radius 2 is 2.22 bits per heavy atom. The molecule has 0 aliphatic heterocycles. The molecule has 1 aliphatic rings. The van der Waals surface area contributed by atoms with Crippen LogP contribution < -0.4 is 5.32 Å². The van der Waals surface area contributed by atoms with Gasteiger partial charge < -0.3 is 15.0 Å². The summed E-state index contributed by atoms with van der Waals surface area (Å²) in [5.74, 6) is -0.0732. The molecule has 0 radical (unpaired) electrons. The van der Waals surface area contributed by atoms with Crippen LogP contribution in [-0.2, 0) is 0 Å². The first-order valence-corrected chi connectivity index (χ1v) is 6.68. The smallest absolute Gasteiger partial charge is 0.253 e. The number of hydrogen-bond donors (Lipinski definition) is 2. The second-order valence-electron chi connectivity index (χ2n) is 5.15. The summed E-state index contributed by atoms with van der Waals surface area (Å²) >= 11 is 0. The highest BCUT2D eigenvalue weighted by atomic mass is 16.3. The Morgan fingerprint density at radius 3 is 2.72 bits per heavy atom.